The van der Waals surface area contributed by atoms with Gasteiger partial charge >= 0.3 is 6.18 Å². The van der Waals surface area contributed by atoms with Gasteiger partial charge in [0.2, 0.25) is 12.8 Å². The molecule has 1 fully saturated rings. The summed E-state index contributed by atoms with van der Waals surface area (Å²) >= 11 is 6.06. The van der Waals surface area contributed by atoms with Gasteiger partial charge in [-0.05, 0) is 29.8 Å². The maximum Gasteiger partial charge on any atom is 0.417 e. The fraction of sp³-hybridized carbons (Fsp3) is 0.286. The lowest BCUT2D eigenvalue weighted by atomic mass is 10.1. The van der Waals surface area contributed by atoms with Crippen molar-refractivity contribution in [3.63, 3.8) is 0 Å². The lowest BCUT2D eigenvalue weighted by Gasteiger charge is -2.36. The van der Waals surface area contributed by atoms with Crippen molar-refractivity contribution in [3.05, 3.63) is 52.3 Å². The first kappa shape index (κ1) is 21.4. The molecule has 0 bridgehead atoms. The van der Waals surface area contributed by atoms with Gasteiger partial charge in [-0.25, -0.2) is 9.98 Å². The summed E-state index contributed by atoms with van der Waals surface area (Å²) in [5.74, 6) is 1.66. The summed E-state index contributed by atoms with van der Waals surface area (Å²) in [5, 5.41) is 2.71. The zero-order valence-electron chi connectivity index (χ0n) is 17.0. The molecule has 4 heterocycles. The number of carbonyl (C=O) groups is 1. The van der Waals surface area contributed by atoms with Crippen LogP contribution in [0.3, 0.4) is 0 Å². The first-order valence-corrected chi connectivity index (χ1v) is 10.4. The molecular weight excluding hydrogens is 463 g/mol. The van der Waals surface area contributed by atoms with Crippen molar-refractivity contribution < 1.29 is 27.4 Å². The molecule has 1 aromatic carbocycles. The topological polar surface area (TPSA) is 79.3 Å². The highest BCUT2D eigenvalue weighted by Gasteiger charge is 2.33. The molecule has 0 saturated carbocycles. The number of ether oxygens (including phenoxy) is 2. The molecule has 1 saturated heterocycles. The van der Waals surface area contributed by atoms with Gasteiger partial charge in [0.1, 0.15) is 11.5 Å². The van der Waals surface area contributed by atoms with E-state index in [0.29, 0.717) is 49.5 Å². The van der Waals surface area contributed by atoms with Crippen LogP contribution in [0.15, 0.2) is 41.2 Å². The molecule has 1 N–H and O–H groups in total. The zero-order valence-corrected chi connectivity index (χ0v) is 17.8. The molecule has 1 aromatic heterocycles. The monoisotopic (exact) mass is 479 g/mol. The summed E-state index contributed by atoms with van der Waals surface area (Å²) < 4.78 is 49.2. The minimum absolute atomic E-state index is 0.0567. The molecule has 8 nitrogen and oxygen atoms in total. The van der Waals surface area contributed by atoms with Crippen molar-refractivity contribution in [2.75, 3.05) is 37.9 Å². The summed E-state index contributed by atoms with van der Waals surface area (Å²) in [7, 11) is 0. The molecule has 12 heteroatoms. The minimum Gasteiger partial charge on any atom is -0.454 e. The van der Waals surface area contributed by atoms with Gasteiger partial charge in [-0.15, -0.1) is 0 Å². The Hall–Kier alpha value is -3.47. The van der Waals surface area contributed by atoms with Crippen molar-refractivity contribution >= 4 is 35.4 Å². The third kappa shape index (κ3) is 4.28. The summed E-state index contributed by atoms with van der Waals surface area (Å²) in [6, 6.07) is 6.23. The van der Waals surface area contributed by atoms with E-state index in [2.05, 4.69) is 15.3 Å². The van der Waals surface area contributed by atoms with Crippen LogP contribution in [-0.2, 0) is 11.0 Å². The average molecular weight is 480 g/mol. The molecular formula is C21H17ClF3N5O3. The van der Waals surface area contributed by atoms with Crippen LogP contribution in [0.2, 0.25) is 5.02 Å². The number of aliphatic imine (C=N–C) groups is 1. The number of hydrogen-bond acceptors (Lipinski definition) is 7. The number of nitrogens with one attached hydrogen (secondary N) is 1. The maximum absolute atomic E-state index is 12.8. The van der Waals surface area contributed by atoms with E-state index in [1.807, 2.05) is 4.90 Å². The molecule has 3 aliphatic heterocycles. The van der Waals surface area contributed by atoms with E-state index in [-0.39, 0.29) is 23.4 Å². The third-order valence-electron chi connectivity index (χ3n) is 5.41. The predicted octanol–water partition coefficient (Wildman–Crippen LogP) is 3.13. The third-order valence-corrected chi connectivity index (χ3v) is 5.69. The molecule has 0 radical (unpaired) electrons. The van der Waals surface area contributed by atoms with Crippen LogP contribution in [0.5, 0.6) is 11.5 Å². The number of halogens is 4. The Morgan fingerprint density at radius 2 is 1.79 bits per heavy atom. The van der Waals surface area contributed by atoms with E-state index in [0.717, 1.165) is 17.8 Å². The average Bonchev–Trinajstić information content (AvgIpc) is 3.39. The Balaban J connectivity index is 1.26. The summed E-state index contributed by atoms with van der Waals surface area (Å²) in [6.45, 7) is 2.03. The normalized spacial score (nSPS) is 19.2. The number of fused-ring (bicyclic) bond motifs is 1. The van der Waals surface area contributed by atoms with Crippen LogP contribution >= 0.6 is 11.6 Å². The largest absolute Gasteiger partial charge is 0.454 e. The predicted molar refractivity (Wildman–Crippen MR) is 114 cm³/mol. The Labute approximate surface area is 191 Å². The first-order valence-electron chi connectivity index (χ1n) is 10.0. The molecule has 0 unspecified atom stereocenters. The van der Waals surface area contributed by atoms with Crippen molar-refractivity contribution in [1.82, 2.24) is 15.2 Å². The lowest BCUT2D eigenvalue weighted by molar-refractivity contribution is -0.137. The number of rotatable bonds is 2. The number of alkyl halides is 3. The number of guanidine groups is 1. The fourth-order valence-corrected chi connectivity index (χ4v) is 4.00. The molecule has 2 aromatic rings. The van der Waals surface area contributed by atoms with Crippen LogP contribution in [0.4, 0.5) is 19.0 Å². The summed E-state index contributed by atoms with van der Waals surface area (Å²) in [6.07, 6.45) is -2.06. The van der Waals surface area contributed by atoms with Crippen LogP contribution in [-0.4, -0.2) is 54.7 Å². The van der Waals surface area contributed by atoms with Gasteiger partial charge in [0.15, 0.2) is 11.5 Å². The zero-order chi connectivity index (χ0) is 23.2. The number of benzene rings is 1. The number of aromatic nitrogens is 1. The highest BCUT2D eigenvalue weighted by atomic mass is 35.5. The highest BCUT2D eigenvalue weighted by Crippen LogP contribution is 2.34. The molecule has 0 atom stereocenters. The number of hydrogen-bond donors (Lipinski definition) is 1. The number of nitrogens with zero attached hydrogens (tertiary/aromatic N) is 4. The second kappa shape index (κ2) is 8.14. The SMILES string of the molecule is O=C1NC(N2CCN(c3ncc(C(F)(F)F)cc3Cl)CC2)=NC1=Cc1ccc2c(c1)OCO2. The van der Waals surface area contributed by atoms with Gasteiger partial charge in [0.05, 0.1) is 10.6 Å². The first-order chi connectivity index (χ1) is 15.8. The van der Waals surface area contributed by atoms with E-state index < -0.39 is 11.7 Å². The second-order valence-electron chi connectivity index (χ2n) is 7.53. The highest BCUT2D eigenvalue weighted by molar-refractivity contribution is 6.33. The van der Waals surface area contributed by atoms with Crippen molar-refractivity contribution in [1.29, 1.82) is 0 Å². The number of anilines is 1. The van der Waals surface area contributed by atoms with E-state index in [1.54, 1.807) is 29.2 Å². The lowest BCUT2D eigenvalue weighted by Crippen LogP contribution is -2.52. The maximum atomic E-state index is 12.8. The van der Waals surface area contributed by atoms with Gasteiger partial charge < -0.3 is 19.3 Å². The van der Waals surface area contributed by atoms with E-state index in [1.165, 1.54) is 0 Å². The van der Waals surface area contributed by atoms with Crippen molar-refractivity contribution in [2.24, 2.45) is 4.99 Å². The van der Waals surface area contributed by atoms with Gasteiger partial charge in [0.25, 0.3) is 5.91 Å². The molecule has 5 rings (SSSR count). The molecule has 1 amide bonds. The number of pyridine rings is 1. The van der Waals surface area contributed by atoms with Crippen LogP contribution < -0.4 is 19.7 Å². The van der Waals surface area contributed by atoms with Gasteiger partial charge in [-0.3, -0.25) is 10.1 Å². The van der Waals surface area contributed by atoms with Gasteiger partial charge in [0, 0.05) is 32.4 Å². The number of amides is 1. The Morgan fingerprint density at radius 1 is 1.06 bits per heavy atom. The van der Waals surface area contributed by atoms with Crippen LogP contribution in [0, 0.1) is 0 Å². The quantitative estimate of drug-likeness (QED) is 0.667. The summed E-state index contributed by atoms with van der Waals surface area (Å²) in [5.41, 5.74) is 0.126. The smallest absolute Gasteiger partial charge is 0.417 e. The Bertz CT molecular complexity index is 1180. The molecule has 3 aliphatic rings. The van der Waals surface area contributed by atoms with Crippen molar-refractivity contribution in [2.45, 2.75) is 6.18 Å². The minimum atomic E-state index is -4.50. The molecule has 0 aliphatic carbocycles. The Morgan fingerprint density at radius 3 is 2.52 bits per heavy atom. The van der Waals surface area contributed by atoms with Crippen LogP contribution in [0.25, 0.3) is 6.08 Å². The van der Waals surface area contributed by atoms with Crippen LogP contribution in [0.1, 0.15) is 11.1 Å². The Kier molecular flexibility index (Phi) is 5.28. The van der Waals surface area contributed by atoms with E-state index in [9.17, 15) is 18.0 Å². The standard InChI is InChI=1S/C21H17ClF3N5O3/c22-14-9-13(21(23,24)25)10-26-18(14)29-3-5-30(6-4-29)20-27-15(19(31)28-20)7-12-1-2-16-17(8-12)33-11-32-16/h1-2,7-10H,3-6,11H2,(H,27,28,31). The van der Waals surface area contributed by atoms with E-state index in [4.69, 9.17) is 21.1 Å². The number of piperazine rings is 1. The molecule has 172 valence electrons. The molecule has 0 spiro atoms. The fourth-order valence-electron chi connectivity index (χ4n) is 3.72. The van der Waals surface area contributed by atoms with Gasteiger partial charge in [-0.2, -0.15) is 13.2 Å². The van der Waals surface area contributed by atoms with E-state index >= 15 is 0 Å². The second-order valence-corrected chi connectivity index (χ2v) is 7.94. The number of carbonyl (C=O) groups excluding carboxylic acids is 1. The summed E-state index contributed by atoms with van der Waals surface area (Å²) in [4.78, 5) is 24.4. The molecule has 33 heavy (non-hydrogen) atoms. The van der Waals surface area contributed by atoms with Crippen molar-refractivity contribution in [3.8, 4) is 11.5 Å². The van der Waals surface area contributed by atoms with Gasteiger partial charge in [-0.1, -0.05) is 17.7 Å².